The fraction of sp³-hybridized carbons (Fsp3) is 0. The van der Waals surface area contributed by atoms with Crippen LogP contribution >= 0.6 is 0 Å². The van der Waals surface area contributed by atoms with Crippen molar-refractivity contribution in [3.63, 3.8) is 0 Å². The Balaban J connectivity index is 2.41. The lowest BCUT2D eigenvalue weighted by Gasteiger charge is -2.04. The fourth-order valence-corrected chi connectivity index (χ4v) is 2.30. The lowest BCUT2D eigenvalue weighted by Crippen LogP contribution is -2.13. The normalized spacial score (nSPS) is 10.9. The van der Waals surface area contributed by atoms with Crippen LogP contribution in [-0.2, 0) is 10.1 Å². The van der Waals surface area contributed by atoms with E-state index in [1.54, 1.807) is 24.3 Å². The largest absolute Gasteiger partial charge is 0.375 e. The molecule has 0 heterocycles. The Morgan fingerprint density at radius 2 is 1.33 bits per heavy atom. The van der Waals surface area contributed by atoms with Crippen LogP contribution in [0.2, 0.25) is 0 Å². The molecule has 2 rings (SSSR count). The van der Waals surface area contributed by atoms with Crippen molar-refractivity contribution in [3.8, 4) is 5.75 Å². The summed E-state index contributed by atoms with van der Waals surface area (Å²) in [6.07, 6.45) is 0. The molecule has 4 nitrogen and oxygen atoms in total. The van der Waals surface area contributed by atoms with Gasteiger partial charge in [0.25, 0.3) is 0 Å². The van der Waals surface area contributed by atoms with Crippen molar-refractivity contribution in [1.29, 1.82) is 0 Å². The third-order valence-corrected chi connectivity index (χ3v) is 3.44. The molecule has 0 N–H and O–H groups in total. The van der Waals surface area contributed by atoms with Gasteiger partial charge in [0.05, 0.1) is 0 Å². The van der Waals surface area contributed by atoms with E-state index >= 15 is 0 Å². The molecule has 0 unspecified atom stereocenters. The third-order valence-electron chi connectivity index (χ3n) is 2.19. The highest BCUT2D eigenvalue weighted by Gasteiger charge is 2.16. The summed E-state index contributed by atoms with van der Waals surface area (Å²) >= 11 is 0. The first-order chi connectivity index (χ1) is 8.59. The van der Waals surface area contributed by atoms with Gasteiger partial charge in [-0.15, -0.1) is 0 Å². The zero-order valence-electron chi connectivity index (χ0n) is 9.31. The molecular formula is C13H10O4S. The van der Waals surface area contributed by atoms with Gasteiger partial charge in [-0.1, -0.05) is 36.4 Å². The molecule has 92 valence electrons. The van der Waals surface area contributed by atoms with Crippen molar-refractivity contribution in [2.24, 2.45) is 0 Å². The topological polar surface area (TPSA) is 60.4 Å². The highest BCUT2D eigenvalue weighted by atomic mass is 32.2. The molecule has 0 aliphatic heterocycles. The summed E-state index contributed by atoms with van der Waals surface area (Å²) in [4.78, 5) is 11.5. The average Bonchev–Trinajstić information content (AvgIpc) is 2.56. The van der Waals surface area contributed by atoms with Crippen LogP contribution in [0, 0.1) is 0 Å². The zero-order valence-corrected chi connectivity index (χ0v) is 10.1. The maximum Gasteiger partial charge on any atom is 0.339 e. The molecule has 0 amide bonds. The Kier molecular flexibility index (Phi) is 3.43. The summed E-state index contributed by atoms with van der Waals surface area (Å²) in [5.41, 5.74) is -0.487. The molecule has 0 aliphatic carbocycles. The molecule has 5 heteroatoms. The highest BCUT2D eigenvalue weighted by molar-refractivity contribution is 7.87. The summed E-state index contributed by atoms with van der Waals surface area (Å²) in [5, 5.41) is 0. The Morgan fingerprint density at radius 1 is 0.778 bits per heavy atom. The van der Waals surface area contributed by atoms with Crippen LogP contribution in [0.25, 0.3) is 0 Å². The first-order valence-electron chi connectivity index (χ1n) is 5.18. The van der Waals surface area contributed by atoms with Gasteiger partial charge in [-0.3, -0.25) is 4.79 Å². The second kappa shape index (κ2) is 5.01. The minimum atomic E-state index is -3.97. The monoisotopic (exact) mass is 262 g/mol. The average molecular weight is 262 g/mol. The van der Waals surface area contributed by atoms with E-state index in [2.05, 4.69) is 0 Å². The van der Waals surface area contributed by atoms with Crippen LogP contribution in [0.4, 0.5) is 0 Å². The van der Waals surface area contributed by atoms with E-state index in [1.165, 1.54) is 36.4 Å². The predicted octanol–water partition coefficient (Wildman–Crippen LogP) is 1.81. The Morgan fingerprint density at radius 3 is 2.00 bits per heavy atom. The Bertz CT molecular complexity index is 693. The molecule has 18 heavy (non-hydrogen) atoms. The molecular weight excluding hydrogens is 252 g/mol. The summed E-state index contributed by atoms with van der Waals surface area (Å²) in [7, 11) is -3.97. The van der Waals surface area contributed by atoms with E-state index in [0.717, 1.165) is 0 Å². The number of benzene rings is 1. The first kappa shape index (κ1) is 12.3. The standard InChI is InChI=1S/C13H10O4S/c14-12-9-5-2-6-10-13(12)17-18(15,16)11-7-3-1-4-8-11/h1-10H. The smallest absolute Gasteiger partial charge is 0.339 e. The van der Waals surface area contributed by atoms with Crippen LogP contribution in [-0.4, -0.2) is 8.42 Å². The summed E-state index contributed by atoms with van der Waals surface area (Å²) < 4.78 is 28.6. The molecule has 0 saturated carbocycles. The van der Waals surface area contributed by atoms with Crippen LogP contribution in [0.15, 0.2) is 70.4 Å². The molecule has 0 bridgehead atoms. The number of rotatable bonds is 3. The van der Waals surface area contributed by atoms with Crippen LogP contribution in [0.3, 0.4) is 0 Å². The number of hydrogen-bond donors (Lipinski definition) is 0. The van der Waals surface area contributed by atoms with Crippen molar-refractivity contribution in [1.82, 2.24) is 0 Å². The lowest BCUT2D eigenvalue weighted by atomic mass is 10.4. The van der Waals surface area contributed by atoms with Gasteiger partial charge in [0.1, 0.15) is 4.90 Å². The molecule has 0 fully saturated rings. The molecule has 2 aromatic rings. The van der Waals surface area contributed by atoms with Crippen molar-refractivity contribution in [2.75, 3.05) is 0 Å². The highest BCUT2D eigenvalue weighted by Crippen LogP contribution is 2.14. The van der Waals surface area contributed by atoms with E-state index in [1.807, 2.05) is 0 Å². The maximum atomic E-state index is 11.9. The van der Waals surface area contributed by atoms with E-state index < -0.39 is 15.5 Å². The van der Waals surface area contributed by atoms with Gasteiger partial charge in [0, 0.05) is 0 Å². The predicted molar refractivity (Wildman–Crippen MR) is 67.0 cm³/mol. The Labute approximate surface area is 105 Å². The van der Waals surface area contributed by atoms with Gasteiger partial charge < -0.3 is 4.18 Å². The van der Waals surface area contributed by atoms with Crippen molar-refractivity contribution >= 4 is 10.1 Å². The Hall–Kier alpha value is -2.14. The molecule has 0 spiro atoms. The van der Waals surface area contributed by atoms with Gasteiger partial charge in [0.15, 0.2) is 5.75 Å². The van der Waals surface area contributed by atoms with E-state index in [4.69, 9.17) is 4.18 Å². The first-order valence-corrected chi connectivity index (χ1v) is 6.59. The second-order valence-electron chi connectivity index (χ2n) is 3.49. The molecule has 0 saturated heterocycles. The lowest BCUT2D eigenvalue weighted by molar-refractivity contribution is 0.484. The number of hydrogen-bond acceptors (Lipinski definition) is 4. The minimum absolute atomic E-state index is 0.0101. The third kappa shape index (κ3) is 2.75. The van der Waals surface area contributed by atoms with Gasteiger partial charge in [-0.25, -0.2) is 0 Å². The van der Waals surface area contributed by atoms with Gasteiger partial charge >= 0.3 is 10.1 Å². The SMILES string of the molecule is O=c1cccccc1OS(=O)(=O)c1ccccc1. The van der Waals surface area contributed by atoms with Crippen molar-refractivity contribution in [2.45, 2.75) is 4.90 Å². The van der Waals surface area contributed by atoms with E-state index in [9.17, 15) is 13.2 Å². The maximum absolute atomic E-state index is 11.9. The fourth-order valence-electron chi connectivity index (χ4n) is 1.34. The van der Waals surface area contributed by atoms with Crippen LogP contribution in [0.5, 0.6) is 5.75 Å². The van der Waals surface area contributed by atoms with Gasteiger partial charge in [-0.2, -0.15) is 8.42 Å². The van der Waals surface area contributed by atoms with Crippen LogP contribution < -0.4 is 9.61 Å². The summed E-state index contributed by atoms with van der Waals surface area (Å²) in [6.45, 7) is 0. The van der Waals surface area contributed by atoms with Gasteiger partial charge in [-0.05, 0) is 24.3 Å². The molecule has 0 atom stereocenters. The molecule has 0 aliphatic rings. The second-order valence-corrected chi connectivity index (χ2v) is 5.04. The molecule has 2 aromatic carbocycles. The summed E-state index contributed by atoms with van der Waals surface area (Å²) in [5.74, 6) is -0.219. The van der Waals surface area contributed by atoms with Crippen molar-refractivity contribution < 1.29 is 12.6 Å². The van der Waals surface area contributed by atoms with Crippen molar-refractivity contribution in [3.05, 3.63) is 70.9 Å². The minimum Gasteiger partial charge on any atom is -0.375 e. The van der Waals surface area contributed by atoms with Gasteiger partial charge in [0.2, 0.25) is 5.43 Å². The summed E-state index contributed by atoms with van der Waals surface area (Å²) in [6, 6.07) is 14.9. The molecule has 0 radical (unpaired) electrons. The van der Waals surface area contributed by atoms with Crippen LogP contribution in [0.1, 0.15) is 0 Å². The van der Waals surface area contributed by atoms with E-state index in [-0.39, 0.29) is 10.6 Å². The molecule has 0 aromatic heterocycles. The zero-order chi connectivity index (χ0) is 13.0. The van der Waals surface area contributed by atoms with E-state index in [0.29, 0.717) is 0 Å². The quantitative estimate of drug-likeness (QED) is 0.791.